The third-order valence-corrected chi connectivity index (χ3v) is 7.43. The molecule has 0 N–H and O–H groups in total. The number of anilines is 2. The zero-order chi connectivity index (χ0) is 34.6. The number of allylic oxidation sites excluding steroid dienone is 2. The van der Waals surface area contributed by atoms with E-state index in [9.17, 15) is 59.6 Å². The summed E-state index contributed by atoms with van der Waals surface area (Å²) in [4.78, 5) is 100. The summed E-state index contributed by atoms with van der Waals surface area (Å²) < 4.78 is 0. The predicted octanol–water partition coefficient (Wildman–Crippen LogP) is 4.92. The highest BCUT2D eigenvalue weighted by atomic mass is 16.6. The second-order valence-corrected chi connectivity index (χ2v) is 10.2. The average Bonchev–Trinajstić information content (AvgIpc) is 3.53. The number of carbonyl (C=O) groups excluding carboxylic acids is 4. The maximum absolute atomic E-state index is 14.2. The summed E-state index contributed by atoms with van der Waals surface area (Å²) in [6.07, 6.45) is 0. The minimum Gasteiger partial charge on any atom is -0.287 e. The summed E-state index contributed by atoms with van der Waals surface area (Å²) in [5, 5.41) is 46.3. The van der Waals surface area contributed by atoms with E-state index in [4.69, 9.17) is 0 Å². The van der Waals surface area contributed by atoms with Crippen molar-refractivity contribution in [3.63, 3.8) is 0 Å². The molecule has 0 aliphatic carbocycles. The van der Waals surface area contributed by atoms with Gasteiger partial charge in [-0.3, -0.25) is 69.4 Å². The van der Waals surface area contributed by atoms with Crippen LogP contribution in [0.15, 0.2) is 96.3 Å². The first kappa shape index (κ1) is 30.5. The van der Waals surface area contributed by atoms with Crippen LogP contribution in [-0.2, 0) is 0 Å². The van der Waals surface area contributed by atoms with E-state index in [0.29, 0.717) is 21.9 Å². The molecule has 0 radical (unpaired) electrons. The van der Waals surface area contributed by atoms with Gasteiger partial charge in [-0.25, -0.2) is 0 Å². The Morgan fingerprint density at radius 1 is 0.479 bits per heavy atom. The Labute approximate surface area is 265 Å². The van der Waals surface area contributed by atoms with Gasteiger partial charge >= 0.3 is 0 Å². The SMILES string of the molecule is O=C1/C(=C2/C(=O)c3ccccc3N2C(=O)c2cc([N+](=O)[O-])cc([N+](=O)[O-])c2)N(C(=O)c2cc([N+](=O)[O-])cc([N+](=O)[O-])c2)c2ccccc21. The number of hydrogen-bond acceptors (Lipinski definition) is 12. The molecule has 4 aromatic rings. The fraction of sp³-hybridized carbons (Fsp3) is 0. The van der Waals surface area contributed by atoms with Crippen molar-refractivity contribution >= 4 is 57.5 Å². The Hall–Kier alpha value is -7.50. The molecular formula is C30H14N6O12. The number of para-hydroxylation sites is 2. The van der Waals surface area contributed by atoms with Gasteiger partial charge in [0.05, 0.1) is 54.3 Å². The number of nitro groups is 4. The Bertz CT molecular complexity index is 2040. The van der Waals surface area contributed by atoms with Crippen LogP contribution in [0.25, 0.3) is 0 Å². The van der Waals surface area contributed by atoms with Gasteiger partial charge in [-0.15, -0.1) is 0 Å². The lowest BCUT2D eigenvalue weighted by molar-refractivity contribution is -0.394. The van der Waals surface area contributed by atoms with Gasteiger partial charge < -0.3 is 0 Å². The number of amides is 2. The minimum atomic E-state index is -1.22. The molecule has 4 aromatic carbocycles. The van der Waals surface area contributed by atoms with Crippen LogP contribution in [0, 0.1) is 40.5 Å². The lowest BCUT2D eigenvalue weighted by Gasteiger charge is -2.24. The van der Waals surface area contributed by atoms with Gasteiger partial charge in [0.2, 0.25) is 11.6 Å². The van der Waals surface area contributed by atoms with E-state index in [1.54, 1.807) is 0 Å². The summed E-state index contributed by atoms with van der Waals surface area (Å²) in [7, 11) is 0. The Morgan fingerprint density at radius 3 is 1.06 bits per heavy atom. The zero-order valence-electron chi connectivity index (χ0n) is 23.7. The van der Waals surface area contributed by atoms with Crippen molar-refractivity contribution in [2.24, 2.45) is 0 Å². The molecule has 2 amide bonds. The minimum absolute atomic E-state index is 0.133. The van der Waals surface area contributed by atoms with Crippen LogP contribution in [0.4, 0.5) is 34.1 Å². The molecular weight excluding hydrogens is 636 g/mol. The molecule has 0 spiro atoms. The molecule has 18 heteroatoms. The molecule has 6 rings (SSSR count). The maximum atomic E-state index is 14.2. The average molecular weight is 650 g/mol. The van der Waals surface area contributed by atoms with Crippen LogP contribution in [0.1, 0.15) is 41.4 Å². The van der Waals surface area contributed by atoms with E-state index < -0.39 is 88.3 Å². The quantitative estimate of drug-likeness (QED) is 0.153. The Kier molecular flexibility index (Phi) is 7.08. The number of non-ortho nitro benzene ring substituents is 4. The number of rotatable bonds is 6. The van der Waals surface area contributed by atoms with Crippen LogP contribution in [-0.4, -0.2) is 43.1 Å². The van der Waals surface area contributed by atoms with Gasteiger partial charge in [-0.1, -0.05) is 24.3 Å². The van der Waals surface area contributed by atoms with Gasteiger partial charge in [0.15, 0.2) is 0 Å². The van der Waals surface area contributed by atoms with E-state index in [0.717, 1.165) is 24.3 Å². The van der Waals surface area contributed by atoms with Crippen LogP contribution < -0.4 is 9.80 Å². The van der Waals surface area contributed by atoms with E-state index in [-0.39, 0.29) is 22.5 Å². The van der Waals surface area contributed by atoms with Gasteiger partial charge in [-0.2, -0.15) is 0 Å². The second-order valence-electron chi connectivity index (χ2n) is 10.2. The van der Waals surface area contributed by atoms with Gasteiger partial charge in [0.25, 0.3) is 34.6 Å². The number of ketones is 2. The van der Waals surface area contributed by atoms with Crippen molar-refractivity contribution in [2.75, 3.05) is 9.80 Å². The smallest absolute Gasteiger partial charge is 0.277 e. The van der Waals surface area contributed by atoms with Gasteiger partial charge in [0.1, 0.15) is 11.4 Å². The maximum Gasteiger partial charge on any atom is 0.277 e. The molecule has 0 saturated carbocycles. The number of carbonyl (C=O) groups is 4. The topological polar surface area (TPSA) is 247 Å². The number of nitrogens with zero attached hydrogens (tertiary/aromatic N) is 6. The lowest BCUT2D eigenvalue weighted by Crippen LogP contribution is -2.36. The first-order valence-electron chi connectivity index (χ1n) is 13.4. The second kappa shape index (κ2) is 11.1. The summed E-state index contributed by atoms with van der Waals surface area (Å²) in [6, 6.07) is 15.1. The Balaban J connectivity index is 1.63. The van der Waals surface area contributed by atoms with Crippen LogP contribution in [0.2, 0.25) is 0 Å². The molecule has 0 aromatic heterocycles. The molecule has 2 aliphatic heterocycles. The number of hydrogen-bond donors (Lipinski definition) is 0. The standard InChI is InChI=1S/C30H14N6O12/c37-27-21-5-1-3-7-23(21)31(29(39)15-9-17(33(41)42)13-18(10-15)34(43)44)25(27)26-28(38)22-6-2-4-8-24(22)32(26)30(40)16-11-19(35(45)46)14-20(12-16)36(47)48/h1-14H/b26-25+. The summed E-state index contributed by atoms with van der Waals surface area (Å²) in [5.74, 6) is -4.36. The molecule has 18 nitrogen and oxygen atoms in total. The fourth-order valence-electron chi connectivity index (χ4n) is 5.39. The number of fused-ring (bicyclic) bond motifs is 2. The van der Waals surface area contributed by atoms with E-state index in [1.165, 1.54) is 48.5 Å². The van der Waals surface area contributed by atoms with Crippen molar-refractivity contribution in [1.82, 2.24) is 0 Å². The highest BCUT2D eigenvalue weighted by molar-refractivity contribution is 6.35. The van der Waals surface area contributed by atoms with E-state index in [1.807, 2.05) is 0 Å². The van der Waals surface area contributed by atoms with E-state index in [2.05, 4.69) is 0 Å². The summed E-state index contributed by atoms with van der Waals surface area (Å²) >= 11 is 0. The van der Waals surface area contributed by atoms with Crippen molar-refractivity contribution in [1.29, 1.82) is 0 Å². The van der Waals surface area contributed by atoms with Crippen molar-refractivity contribution < 1.29 is 38.9 Å². The molecule has 0 atom stereocenters. The number of benzene rings is 4. The predicted molar refractivity (Wildman–Crippen MR) is 162 cm³/mol. The number of Topliss-reactive ketones (excluding diaryl/α,β-unsaturated/α-hetero) is 2. The van der Waals surface area contributed by atoms with Crippen LogP contribution in [0.3, 0.4) is 0 Å². The molecule has 0 saturated heterocycles. The molecule has 48 heavy (non-hydrogen) atoms. The van der Waals surface area contributed by atoms with Crippen molar-refractivity contribution in [2.45, 2.75) is 0 Å². The van der Waals surface area contributed by atoms with Crippen molar-refractivity contribution in [3.05, 3.63) is 159 Å². The largest absolute Gasteiger partial charge is 0.287 e. The normalized spacial score (nSPS) is 14.8. The van der Waals surface area contributed by atoms with Gasteiger partial charge in [-0.05, 0) is 24.3 Å². The van der Waals surface area contributed by atoms with Crippen molar-refractivity contribution in [3.8, 4) is 0 Å². The fourth-order valence-corrected chi connectivity index (χ4v) is 5.39. The molecule has 2 heterocycles. The highest BCUT2D eigenvalue weighted by Gasteiger charge is 2.47. The highest BCUT2D eigenvalue weighted by Crippen LogP contribution is 2.44. The molecule has 236 valence electrons. The first-order chi connectivity index (χ1) is 22.8. The summed E-state index contributed by atoms with van der Waals surface area (Å²) in [5.41, 5.74) is -6.52. The molecule has 0 fully saturated rings. The molecule has 0 bridgehead atoms. The monoisotopic (exact) mass is 650 g/mol. The zero-order valence-corrected chi connectivity index (χ0v) is 23.7. The molecule has 2 aliphatic rings. The van der Waals surface area contributed by atoms with E-state index >= 15 is 0 Å². The number of nitro benzene ring substituents is 4. The third-order valence-electron chi connectivity index (χ3n) is 7.43. The lowest BCUT2D eigenvalue weighted by atomic mass is 10.1. The Morgan fingerprint density at radius 2 is 0.771 bits per heavy atom. The third kappa shape index (κ3) is 4.77. The first-order valence-corrected chi connectivity index (χ1v) is 13.4. The van der Waals surface area contributed by atoms with Crippen LogP contribution in [0.5, 0.6) is 0 Å². The van der Waals surface area contributed by atoms with Crippen LogP contribution >= 0.6 is 0 Å². The molecule has 0 unspecified atom stereocenters. The summed E-state index contributed by atoms with van der Waals surface area (Å²) in [6.45, 7) is 0. The van der Waals surface area contributed by atoms with Gasteiger partial charge in [0, 0.05) is 35.4 Å².